The molecule has 2 saturated heterocycles. The molecule has 0 radical (unpaired) electrons. The number of carbonyl (C=O) groups is 5. The zero-order valence-corrected chi connectivity index (χ0v) is 38.1. The Hall–Kier alpha value is -8.81. The lowest BCUT2D eigenvalue weighted by molar-refractivity contribution is -0.121. The second-order valence-corrected chi connectivity index (χ2v) is 15.8. The van der Waals surface area contributed by atoms with Crippen LogP contribution in [0.1, 0.15) is 27.4 Å². The Labute approximate surface area is 393 Å². The van der Waals surface area contributed by atoms with Crippen molar-refractivity contribution in [1.82, 2.24) is 70.8 Å². The fourth-order valence-electron chi connectivity index (χ4n) is 7.31. The maximum absolute atomic E-state index is 13.5. The van der Waals surface area contributed by atoms with E-state index in [4.69, 9.17) is 14.2 Å². The molecule has 6 heterocycles. The highest BCUT2D eigenvalue weighted by Crippen LogP contribution is 2.38. The third-order valence-corrected chi connectivity index (χ3v) is 10.9. The predicted molar refractivity (Wildman–Crippen MR) is 247 cm³/mol. The lowest BCUT2D eigenvalue weighted by Gasteiger charge is -2.37. The molecule has 8 rings (SSSR count). The number of rotatable bonds is 18. The molecule has 2 aliphatic rings. The van der Waals surface area contributed by atoms with Gasteiger partial charge in [0.15, 0.2) is 46.2 Å². The van der Waals surface area contributed by atoms with Crippen LogP contribution in [0.3, 0.4) is 0 Å². The van der Waals surface area contributed by atoms with Crippen molar-refractivity contribution in [3.63, 3.8) is 0 Å². The lowest BCUT2D eigenvalue weighted by atomic mass is 9.96. The Bertz CT molecular complexity index is 2890. The predicted octanol–water partition coefficient (Wildman–Crippen LogP) is 1.71. The molecule has 69 heavy (non-hydrogen) atoms. The molecule has 358 valence electrons. The molecule has 0 aliphatic carbocycles. The summed E-state index contributed by atoms with van der Waals surface area (Å²) in [6.07, 6.45) is 2.56. The van der Waals surface area contributed by atoms with E-state index in [0.29, 0.717) is 58.7 Å². The number of hydrogen-bond acceptors (Lipinski definition) is 19. The van der Waals surface area contributed by atoms with Crippen LogP contribution in [0.5, 0.6) is 11.5 Å². The first-order chi connectivity index (χ1) is 33.4. The second kappa shape index (κ2) is 20.8. The molecule has 5 amide bonds. The highest BCUT2D eigenvalue weighted by Gasteiger charge is 2.33. The normalized spacial score (nSPS) is 13.3. The van der Waals surface area contributed by atoms with E-state index in [9.17, 15) is 24.0 Å². The van der Waals surface area contributed by atoms with Gasteiger partial charge in [0, 0.05) is 71.8 Å². The summed E-state index contributed by atoms with van der Waals surface area (Å²) in [5, 5.41) is 45.2. The Morgan fingerprint density at radius 2 is 1.28 bits per heavy atom. The number of para-hydroxylation sites is 2. The van der Waals surface area contributed by atoms with Gasteiger partial charge in [-0.2, -0.15) is 10.2 Å². The fraction of sp³-hybridized carbons (Fsp3) is 0.326. The largest absolute Gasteiger partial charge is 0.494 e. The molecule has 0 bridgehead atoms. The van der Waals surface area contributed by atoms with Crippen LogP contribution in [-0.2, 0) is 28.4 Å². The number of amides is 5. The summed E-state index contributed by atoms with van der Waals surface area (Å²) in [6, 6.07) is 13.6. The number of likely N-dealkylation sites (tertiary alicyclic amines) is 1. The number of aryl methyl sites for hydroxylation is 2. The van der Waals surface area contributed by atoms with Gasteiger partial charge in [0.1, 0.15) is 19.3 Å². The van der Waals surface area contributed by atoms with Crippen molar-refractivity contribution in [3.05, 3.63) is 72.6 Å². The summed E-state index contributed by atoms with van der Waals surface area (Å²) >= 11 is 0. The van der Waals surface area contributed by atoms with E-state index >= 15 is 0 Å². The molecule has 2 aliphatic heterocycles. The van der Waals surface area contributed by atoms with Gasteiger partial charge in [0.25, 0.3) is 11.8 Å². The first-order valence-corrected chi connectivity index (χ1v) is 21.5. The van der Waals surface area contributed by atoms with Gasteiger partial charge in [0.2, 0.25) is 11.8 Å². The monoisotopic (exact) mass is 944 g/mol. The summed E-state index contributed by atoms with van der Waals surface area (Å²) < 4.78 is 20.0. The second-order valence-electron chi connectivity index (χ2n) is 15.8. The average Bonchev–Trinajstić information content (AvgIpc) is 3.95. The Morgan fingerprint density at radius 1 is 0.725 bits per heavy atom. The summed E-state index contributed by atoms with van der Waals surface area (Å²) in [7, 11) is 7.94. The third kappa shape index (κ3) is 10.8. The van der Waals surface area contributed by atoms with Crippen LogP contribution in [-0.4, -0.2) is 145 Å². The zero-order chi connectivity index (χ0) is 48.6. The first-order valence-electron chi connectivity index (χ1n) is 21.5. The highest BCUT2D eigenvalue weighted by molar-refractivity contribution is 6.01. The Balaban J connectivity index is 0.842. The minimum Gasteiger partial charge on any atom is -0.494 e. The van der Waals surface area contributed by atoms with E-state index < -0.39 is 17.9 Å². The molecule has 0 atom stereocenters. The number of hydrogen-bond donors (Lipinski definition) is 7. The van der Waals surface area contributed by atoms with Crippen LogP contribution in [0.2, 0.25) is 0 Å². The third-order valence-electron chi connectivity index (χ3n) is 10.9. The van der Waals surface area contributed by atoms with Gasteiger partial charge in [-0.05, 0) is 24.3 Å². The summed E-state index contributed by atoms with van der Waals surface area (Å²) in [4.78, 5) is 75.1. The van der Waals surface area contributed by atoms with E-state index in [1.165, 1.54) is 38.3 Å². The number of nitrogens with one attached hydrogen (secondary N) is 7. The topological polar surface area (TPSA) is 313 Å². The van der Waals surface area contributed by atoms with E-state index in [-0.39, 0.29) is 90.7 Å². The van der Waals surface area contributed by atoms with Crippen molar-refractivity contribution >= 4 is 64.1 Å². The zero-order valence-electron chi connectivity index (χ0n) is 38.1. The van der Waals surface area contributed by atoms with Crippen molar-refractivity contribution in [2.75, 3.05) is 81.9 Å². The van der Waals surface area contributed by atoms with Gasteiger partial charge in [-0.15, -0.1) is 20.4 Å². The maximum atomic E-state index is 13.5. The Morgan fingerprint density at radius 3 is 1.77 bits per heavy atom. The summed E-state index contributed by atoms with van der Waals surface area (Å²) in [5.74, 6) is -0.321. The minimum atomic E-state index is -0.637. The van der Waals surface area contributed by atoms with Gasteiger partial charge in [-0.1, -0.05) is 12.1 Å². The number of anilines is 6. The molecule has 0 saturated carbocycles. The smallest absolute Gasteiger partial charge is 0.409 e. The molecule has 0 spiro atoms. The van der Waals surface area contributed by atoms with Crippen LogP contribution in [0, 0.1) is 11.8 Å². The SMILES string of the molecule is CNC(=O)c1nnc(NC(=O)CC2CN(C(=O)OCCNC(=O)c3nnc(NC(=O)C4CNC4)cc3Nc3cccc(-c4ncn(C)n4)c3OC)C2)cc1Nc1cccc(-c2ncn(C)n2)c1OC. The van der Waals surface area contributed by atoms with Gasteiger partial charge < -0.3 is 56.3 Å². The number of nitrogens with zero attached hydrogens (tertiary/aromatic N) is 11. The standard InChI is InChI=1S/C43H48N18O8/c1-44-41(64)34-29(49-27-10-6-8-25(36(27)67-4)38-47-21-59(2)57-38)15-31(53-55-34)51-33(62)14-23-19-61(20-23)43(66)69-13-12-46-42(65)35-30(16-32(54-56-35)52-40(63)24-17-45-18-24)50-28-11-7-9-26(37(28)68-5)39-48-22-60(3)58-39/h6-11,15-16,21-24,45H,12-14,17-20H2,1-5H3,(H,44,64)(H,46,65)(H2,49,51,53,62)(H2,50,52,54,63). The summed E-state index contributed by atoms with van der Waals surface area (Å²) in [5.41, 5.74) is 2.43. The van der Waals surface area contributed by atoms with Crippen molar-refractivity contribution < 1.29 is 38.2 Å². The number of aromatic nitrogens is 10. The van der Waals surface area contributed by atoms with E-state index in [2.05, 4.69) is 77.8 Å². The van der Waals surface area contributed by atoms with Crippen LogP contribution < -0.4 is 46.7 Å². The molecule has 4 aromatic heterocycles. The van der Waals surface area contributed by atoms with Gasteiger partial charge in [0.05, 0.1) is 60.6 Å². The van der Waals surface area contributed by atoms with Crippen LogP contribution in [0.15, 0.2) is 61.2 Å². The molecular weight excluding hydrogens is 897 g/mol. The minimum absolute atomic E-state index is 0.0295. The van der Waals surface area contributed by atoms with Crippen LogP contribution in [0.4, 0.5) is 39.2 Å². The molecule has 0 unspecified atom stereocenters. The molecule has 6 aromatic rings. The number of carbonyl (C=O) groups excluding carboxylic acids is 5. The van der Waals surface area contributed by atoms with Crippen molar-refractivity contribution in [2.24, 2.45) is 25.9 Å². The molecule has 7 N–H and O–H groups in total. The van der Waals surface area contributed by atoms with Gasteiger partial charge in [-0.25, -0.2) is 14.8 Å². The molecule has 26 heteroatoms. The maximum Gasteiger partial charge on any atom is 0.409 e. The van der Waals surface area contributed by atoms with E-state index in [1.807, 2.05) is 0 Å². The average molecular weight is 945 g/mol. The van der Waals surface area contributed by atoms with E-state index in [1.54, 1.807) is 72.5 Å². The molecule has 26 nitrogen and oxygen atoms in total. The van der Waals surface area contributed by atoms with E-state index in [0.717, 1.165) is 0 Å². The molecular formula is C43H48N18O8. The quantitative estimate of drug-likeness (QED) is 0.0603. The first kappa shape index (κ1) is 46.7. The Kier molecular flexibility index (Phi) is 14.1. The van der Waals surface area contributed by atoms with Gasteiger partial charge in [-0.3, -0.25) is 28.5 Å². The lowest BCUT2D eigenvalue weighted by Crippen LogP contribution is -2.51. The number of benzene rings is 2. The van der Waals surface area contributed by atoms with Crippen LogP contribution >= 0.6 is 0 Å². The number of methoxy groups -OCH3 is 2. The van der Waals surface area contributed by atoms with Crippen molar-refractivity contribution in [2.45, 2.75) is 6.42 Å². The highest BCUT2D eigenvalue weighted by atomic mass is 16.6. The van der Waals surface area contributed by atoms with Crippen LogP contribution in [0.25, 0.3) is 22.8 Å². The number of ether oxygens (including phenoxy) is 3. The van der Waals surface area contributed by atoms with Crippen molar-refractivity contribution in [1.29, 1.82) is 0 Å². The molecule has 2 fully saturated rings. The molecule has 2 aromatic carbocycles. The van der Waals surface area contributed by atoms with Gasteiger partial charge >= 0.3 is 6.09 Å². The summed E-state index contributed by atoms with van der Waals surface area (Å²) in [6.45, 7) is 1.33. The fourth-order valence-corrected chi connectivity index (χ4v) is 7.31. The van der Waals surface area contributed by atoms with Crippen molar-refractivity contribution in [3.8, 4) is 34.3 Å².